The molecular formula is C21H25ClN2O3. The van der Waals surface area contributed by atoms with Crippen molar-refractivity contribution in [2.24, 2.45) is 0 Å². The van der Waals surface area contributed by atoms with Crippen molar-refractivity contribution in [3.8, 4) is 5.75 Å². The third-order valence-electron chi connectivity index (χ3n) is 5.06. The van der Waals surface area contributed by atoms with Gasteiger partial charge in [-0.15, -0.1) is 0 Å². The Labute approximate surface area is 164 Å². The van der Waals surface area contributed by atoms with Gasteiger partial charge in [0.05, 0.1) is 6.54 Å². The molecule has 1 aliphatic carbocycles. The van der Waals surface area contributed by atoms with Crippen LogP contribution < -0.4 is 15.5 Å². The van der Waals surface area contributed by atoms with Crippen LogP contribution in [0.25, 0.3) is 0 Å². The molecule has 0 saturated carbocycles. The molecular weight excluding hydrogens is 364 g/mol. The summed E-state index contributed by atoms with van der Waals surface area (Å²) in [6.45, 7) is 2.69. The zero-order valence-corrected chi connectivity index (χ0v) is 16.2. The molecule has 0 aromatic heterocycles. The molecule has 6 heteroatoms. The van der Waals surface area contributed by atoms with Crippen LogP contribution >= 0.6 is 11.6 Å². The van der Waals surface area contributed by atoms with Gasteiger partial charge in [-0.1, -0.05) is 36.7 Å². The molecule has 0 saturated heterocycles. The van der Waals surface area contributed by atoms with Gasteiger partial charge < -0.3 is 10.1 Å². The van der Waals surface area contributed by atoms with Crippen molar-refractivity contribution < 1.29 is 14.7 Å². The minimum absolute atomic E-state index is 0.120. The molecule has 1 aliphatic rings. The van der Waals surface area contributed by atoms with Crippen molar-refractivity contribution in [1.29, 1.82) is 0 Å². The number of carbonyl (C=O) groups is 1. The Morgan fingerprint density at radius 1 is 1.30 bits per heavy atom. The van der Waals surface area contributed by atoms with E-state index in [4.69, 9.17) is 21.5 Å². The smallest absolute Gasteiger partial charge is 0.257 e. The third-order valence-corrected chi connectivity index (χ3v) is 5.42. The fourth-order valence-electron chi connectivity index (χ4n) is 3.52. The number of aryl methyl sites for hydroxylation is 2. The Balaban J connectivity index is 1.62. The predicted octanol–water partition coefficient (Wildman–Crippen LogP) is 3.43. The van der Waals surface area contributed by atoms with E-state index in [1.54, 1.807) is 5.48 Å². The average Bonchev–Trinajstić information content (AvgIpc) is 2.70. The number of hydroxylamine groups is 1. The standard InChI is InChI=1S/C21H25ClN2O3/c1-2-14-4-3-5-20(22)19(14)13-27-18-9-7-15-10-17(8-6-16(15)11-18)23-12-21(25)24-26/h3-5,7,9,11,17,23,26H,2,6,8,10,12-13H2,1H3,(H,24,25). The lowest BCUT2D eigenvalue weighted by Crippen LogP contribution is -2.40. The summed E-state index contributed by atoms with van der Waals surface area (Å²) >= 11 is 6.34. The van der Waals surface area contributed by atoms with Crippen LogP contribution in [0.1, 0.15) is 35.6 Å². The number of rotatable bonds is 7. The second-order valence-corrected chi connectivity index (χ2v) is 7.21. The van der Waals surface area contributed by atoms with E-state index in [0.29, 0.717) is 6.61 Å². The fourth-order valence-corrected chi connectivity index (χ4v) is 3.77. The predicted molar refractivity (Wildman–Crippen MR) is 105 cm³/mol. The molecule has 0 fully saturated rings. The summed E-state index contributed by atoms with van der Waals surface area (Å²) in [5, 5.41) is 12.5. The largest absolute Gasteiger partial charge is 0.489 e. The van der Waals surface area contributed by atoms with E-state index in [9.17, 15) is 4.79 Å². The van der Waals surface area contributed by atoms with Gasteiger partial charge in [0.25, 0.3) is 5.91 Å². The summed E-state index contributed by atoms with van der Waals surface area (Å²) in [5.74, 6) is 0.428. The number of hydrogen-bond acceptors (Lipinski definition) is 4. The Morgan fingerprint density at radius 3 is 2.93 bits per heavy atom. The van der Waals surface area contributed by atoms with E-state index < -0.39 is 5.91 Å². The fraction of sp³-hybridized carbons (Fsp3) is 0.381. The quantitative estimate of drug-likeness (QED) is 0.502. The first kappa shape index (κ1) is 19.7. The zero-order chi connectivity index (χ0) is 19.2. The molecule has 0 bridgehead atoms. The molecule has 1 atom stereocenters. The molecule has 0 heterocycles. The van der Waals surface area contributed by atoms with Crippen molar-refractivity contribution in [1.82, 2.24) is 10.8 Å². The molecule has 144 valence electrons. The Bertz CT molecular complexity index is 810. The van der Waals surface area contributed by atoms with Gasteiger partial charge >= 0.3 is 0 Å². The number of carbonyl (C=O) groups excluding carboxylic acids is 1. The number of benzene rings is 2. The summed E-state index contributed by atoms with van der Waals surface area (Å²) in [6, 6.07) is 12.4. The first-order valence-electron chi connectivity index (χ1n) is 9.28. The molecule has 0 radical (unpaired) electrons. The van der Waals surface area contributed by atoms with Gasteiger partial charge in [-0.2, -0.15) is 0 Å². The average molecular weight is 389 g/mol. The first-order valence-corrected chi connectivity index (χ1v) is 9.65. The van der Waals surface area contributed by atoms with Gasteiger partial charge in [0, 0.05) is 16.6 Å². The second-order valence-electron chi connectivity index (χ2n) is 6.81. The summed E-state index contributed by atoms with van der Waals surface area (Å²) in [6.07, 6.45) is 3.65. The summed E-state index contributed by atoms with van der Waals surface area (Å²) in [4.78, 5) is 11.2. The van der Waals surface area contributed by atoms with Gasteiger partial charge in [0.2, 0.25) is 0 Å². The first-order chi connectivity index (χ1) is 13.1. The molecule has 1 unspecified atom stereocenters. The molecule has 1 amide bonds. The maximum atomic E-state index is 11.2. The highest BCUT2D eigenvalue weighted by molar-refractivity contribution is 6.31. The van der Waals surface area contributed by atoms with E-state index in [0.717, 1.165) is 42.0 Å². The minimum atomic E-state index is -0.421. The topological polar surface area (TPSA) is 70.6 Å². The highest BCUT2D eigenvalue weighted by Crippen LogP contribution is 2.27. The number of hydrogen-bond donors (Lipinski definition) is 3. The Hall–Kier alpha value is -2.08. The molecule has 0 spiro atoms. The Kier molecular flexibility index (Phi) is 6.72. The van der Waals surface area contributed by atoms with Gasteiger partial charge in [0.1, 0.15) is 12.4 Å². The lowest BCUT2D eigenvalue weighted by Gasteiger charge is -2.26. The lowest BCUT2D eigenvalue weighted by molar-refractivity contribution is -0.128. The van der Waals surface area contributed by atoms with Crippen LogP contribution in [0.5, 0.6) is 5.75 Å². The van der Waals surface area contributed by atoms with Crippen LogP contribution in [0.3, 0.4) is 0 Å². The summed E-state index contributed by atoms with van der Waals surface area (Å²) in [5.41, 5.74) is 6.45. The molecule has 5 nitrogen and oxygen atoms in total. The molecule has 3 N–H and O–H groups in total. The monoisotopic (exact) mass is 388 g/mol. The number of halogens is 1. The summed E-state index contributed by atoms with van der Waals surface area (Å²) < 4.78 is 6.02. The highest BCUT2D eigenvalue weighted by Gasteiger charge is 2.19. The van der Waals surface area contributed by atoms with Gasteiger partial charge in [-0.3, -0.25) is 10.0 Å². The third kappa shape index (κ3) is 5.01. The van der Waals surface area contributed by atoms with E-state index >= 15 is 0 Å². The highest BCUT2D eigenvalue weighted by atomic mass is 35.5. The number of ether oxygens (including phenoxy) is 1. The molecule has 2 aromatic rings. The van der Waals surface area contributed by atoms with Crippen molar-refractivity contribution in [2.45, 2.75) is 45.3 Å². The lowest BCUT2D eigenvalue weighted by atomic mass is 9.88. The van der Waals surface area contributed by atoms with Crippen LogP contribution in [0.4, 0.5) is 0 Å². The van der Waals surface area contributed by atoms with Crippen LogP contribution in [0.2, 0.25) is 5.02 Å². The van der Waals surface area contributed by atoms with Crippen molar-refractivity contribution in [3.05, 3.63) is 63.7 Å². The van der Waals surface area contributed by atoms with Gasteiger partial charge in [0.15, 0.2) is 0 Å². The van der Waals surface area contributed by atoms with Crippen molar-refractivity contribution in [2.75, 3.05) is 6.54 Å². The maximum absolute atomic E-state index is 11.2. The second kappa shape index (κ2) is 9.22. The normalized spacial score (nSPS) is 15.9. The van der Waals surface area contributed by atoms with Crippen molar-refractivity contribution in [3.63, 3.8) is 0 Å². The van der Waals surface area contributed by atoms with E-state index in [-0.39, 0.29) is 12.6 Å². The van der Waals surface area contributed by atoms with E-state index in [2.05, 4.69) is 30.4 Å². The molecule has 2 aromatic carbocycles. The van der Waals surface area contributed by atoms with Gasteiger partial charge in [-0.25, -0.2) is 5.48 Å². The minimum Gasteiger partial charge on any atom is -0.489 e. The van der Waals surface area contributed by atoms with Crippen molar-refractivity contribution >= 4 is 17.5 Å². The van der Waals surface area contributed by atoms with Crippen LogP contribution in [0, 0.1) is 0 Å². The SMILES string of the molecule is CCc1cccc(Cl)c1COc1ccc2c(c1)CCC(NCC(=O)NO)C2. The molecule has 0 aliphatic heterocycles. The Morgan fingerprint density at radius 2 is 2.15 bits per heavy atom. The zero-order valence-electron chi connectivity index (χ0n) is 15.4. The number of amides is 1. The van der Waals surface area contributed by atoms with Gasteiger partial charge in [-0.05, 0) is 60.6 Å². The van der Waals surface area contributed by atoms with Crippen LogP contribution in [-0.2, 0) is 30.7 Å². The molecule has 27 heavy (non-hydrogen) atoms. The summed E-state index contributed by atoms with van der Waals surface area (Å²) in [7, 11) is 0. The maximum Gasteiger partial charge on any atom is 0.257 e. The molecule has 3 rings (SSSR count). The van der Waals surface area contributed by atoms with Crippen LogP contribution in [-0.4, -0.2) is 23.7 Å². The van der Waals surface area contributed by atoms with E-state index in [1.165, 1.54) is 16.7 Å². The van der Waals surface area contributed by atoms with E-state index in [1.807, 2.05) is 18.2 Å². The number of nitrogens with one attached hydrogen (secondary N) is 2. The number of fused-ring (bicyclic) bond motifs is 1. The van der Waals surface area contributed by atoms with Crippen LogP contribution in [0.15, 0.2) is 36.4 Å².